The summed E-state index contributed by atoms with van der Waals surface area (Å²) < 4.78 is 0. The van der Waals surface area contributed by atoms with Crippen molar-refractivity contribution < 1.29 is 14.7 Å². The van der Waals surface area contributed by atoms with Crippen LogP contribution in [-0.4, -0.2) is 47.6 Å². The minimum absolute atomic E-state index is 0.125. The number of hydrogen-bond donors (Lipinski definition) is 3. The molecule has 0 saturated heterocycles. The van der Waals surface area contributed by atoms with Crippen LogP contribution in [0.3, 0.4) is 0 Å². The molecule has 7 nitrogen and oxygen atoms in total. The third kappa shape index (κ3) is 6.92. The summed E-state index contributed by atoms with van der Waals surface area (Å²) in [5, 5.41) is 15.2. The molecule has 3 N–H and O–H groups in total. The van der Waals surface area contributed by atoms with Crippen molar-refractivity contribution in [2.75, 3.05) is 24.6 Å². The first kappa shape index (κ1) is 24.5. The first-order valence-electron chi connectivity index (χ1n) is 11.1. The molecule has 1 fully saturated rings. The number of carbonyl (C=O) groups excluding carboxylic acids is 2. The zero-order valence-corrected chi connectivity index (χ0v) is 19.9. The molecular formula is C23H31ClN4O3S. The molecule has 2 amide bonds. The second-order valence-electron chi connectivity index (χ2n) is 8.07. The number of nitrogens with one attached hydrogen (secondary N) is 2. The van der Waals surface area contributed by atoms with E-state index >= 15 is 0 Å². The lowest BCUT2D eigenvalue weighted by molar-refractivity contribution is -0.123. The Balaban J connectivity index is 1.64. The Kier molecular flexibility index (Phi) is 9.32. The quantitative estimate of drug-likeness (QED) is 0.458. The molecule has 0 radical (unpaired) electrons. The fourth-order valence-corrected chi connectivity index (χ4v) is 5.17. The highest BCUT2D eigenvalue weighted by molar-refractivity contribution is 7.14. The predicted octanol–water partition coefficient (Wildman–Crippen LogP) is 3.61. The third-order valence-electron chi connectivity index (χ3n) is 5.75. The molecule has 0 aromatic carbocycles. The number of amides is 2. The molecule has 1 atom stereocenters. The predicted molar refractivity (Wildman–Crippen MR) is 128 cm³/mol. The Morgan fingerprint density at radius 2 is 2.09 bits per heavy atom. The number of carbonyl (C=O) groups is 2. The minimum Gasteiger partial charge on any atom is -0.395 e. The maximum atomic E-state index is 12.9. The normalized spacial score (nSPS) is 14.8. The number of halogens is 1. The van der Waals surface area contributed by atoms with E-state index in [4.69, 9.17) is 16.7 Å². The third-order valence-corrected chi connectivity index (χ3v) is 7.02. The smallest absolute Gasteiger partial charge is 0.262 e. The van der Waals surface area contributed by atoms with Crippen molar-refractivity contribution in [1.29, 1.82) is 0 Å². The molecule has 3 rings (SSSR count). The average Bonchev–Trinajstić information content (AvgIpc) is 3.47. The highest BCUT2D eigenvalue weighted by Gasteiger charge is 2.27. The van der Waals surface area contributed by atoms with Gasteiger partial charge in [0.05, 0.1) is 34.9 Å². The zero-order valence-electron chi connectivity index (χ0n) is 18.3. The summed E-state index contributed by atoms with van der Waals surface area (Å²) >= 11 is 7.49. The lowest BCUT2D eigenvalue weighted by atomic mass is 9.97. The minimum atomic E-state index is -0.590. The van der Waals surface area contributed by atoms with Gasteiger partial charge >= 0.3 is 0 Å². The van der Waals surface area contributed by atoms with Crippen LogP contribution in [0.15, 0.2) is 30.6 Å². The van der Waals surface area contributed by atoms with Crippen LogP contribution in [0.25, 0.3) is 0 Å². The summed E-state index contributed by atoms with van der Waals surface area (Å²) in [7, 11) is 0. The Hall–Kier alpha value is -2.16. The van der Waals surface area contributed by atoms with Crippen molar-refractivity contribution in [2.45, 2.75) is 51.6 Å². The molecule has 2 aromatic heterocycles. The monoisotopic (exact) mass is 478 g/mol. The molecule has 2 heterocycles. The Labute approximate surface area is 198 Å². The van der Waals surface area contributed by atoms with E-state index in [-0.39, 0.29) is 25.0 Å². The standard InChI is InChI=1S/C23H31ClN4O3S/c1-2-28(18-12-17(24)13-25-14-18)15-19-7-8-21(32-19)23(31)27-20(22(30)26-9-10-29)11-16-5-3-4-6-16/h7-8,12-14,16,20,29H,2-6,9-11,15H2,1H3,(H,26,30)(H,27,31)/t20-/m0/s1. The molecule has 32 heavy (non-hydrogen) atoms. The molecule has 2 aromatic rings. The maximum absolute atomic E-state index is 12.9. The topological polar surface area (TPSA) is 94.6 Å². The van der Waals surface area contributed by atoms with E-state index in [0.29, 0.717) is 28.8 Å². The number of aromatic nitrogens is 1. The van der Waals surface area contributed by atoms with Crippen molar-refractivity contribution >= 4 is 40.4 Å². The highest BCUT2D eigenvalue weighted by Crippen LogP contribution is 2.29. The van der Waals surface area contributed by atoms with Gasteiger partial charge in [-0.15, -0.1) is 11.3 Å². The highest BCUT2D eigenvalue weighted by atomic mass is 35.5. The van der Waals surface area contributed by atoms with E-state index in [1.165, 1.54) is 24.2 Å². The second-order valence-corrected chi connectivity index (χ2v) is 9.67. The van der Waals surface area contributed by atoms with Gasteiger partial charge in [0, 0.05) is 24.2 Å². The maximum Gasteiger partial charge on any atom is 0.262 e. The summed E-state index contributed by atoms with van der Waals surface area (Å²) in [5.74, 6) is -0.0268. The first-order valence-corrected chi connectivity index (χ1v) is 12.3. The second kappa shape index (κ2) is 12.2. The fraction of sp³-hybridized carbons (Fsp3) is 0.522. The van der Waals surface area contributed by atoms with E-state index in [2.05, 4.69) is 27.4 Å². The molecule has 9 heteroatoms. The zero-order chi connectivity index (χ0) is 22.9. The molecule has 1 aliphatic rings. The fourth-order valence-electron chi connectivity index (χ4n) is 4.07. The van der Waals surface area contributed by atoms with Gasteiger partial charge in [0.15, 0.2) is 0 Å². The van der Waals surface area contributed by atoms with Gasteiger partial charge in [-0.1, -0.05) is 37.3 Å². The van der Waals surface area contributed by atoms with Crippen LogP contribution in [0.4, 0.5) is 5.69 Å². The molecule has 0 bridgehead atoms. The average molecular weight is 479 g/mol. The summed E-state index contributed by atoms with van der Waals surface area (Å²) in [6.45, 7) is 3.53. The summed E-state index contributed by atoms with van der Waals surface area (Å²) in [5.41, 5.74) is 0.927. The van der Waals surface area contributed by atoms with Gasteiger partial charge in [0.25, 0.3) is 5.91 Å². The number of aliphatic hydroxyl groups is 1. The summed E-state index contributed by atoms with van der Waals surface area (Å²) in [4.78, 5) is 33.4. The van der Waals surface area contributed by atoms with Gasteiger partial charge in [-0.05, 0) is 37.5 Å². The van der Waals surface area contributed by atoms with E-state index < -0.39 is 6.04 Å². The molecular weight excluding hydrogens is 448 g/mol. The summed E-state index contributed by atoms with van der Waals surface area (Å²) in [6.07, 6.45) is 8.54. The summed E-state index contributed by atoms with van der Waals surface area (Å²) in [6, 6.07) is 5.03. The number of thiophene rings is 1. The van der Waals surface area contributed by atoms with E-state index in [1.54, 1.807) is 18.5 Å². The van der Waals surface area contributed by atoms with Crippen molar-refractivity contribution in [3.8, 4) is 0 Å². The Bertz CT molecular complexity index is 901. The number of pyridine rings is 1. The van der Waals surface area contributed by atoms with Crippen LogP contribution >= 0.6 is 22.9 Å². The van der Waals surface area contributed by atoms with Gasteiger partial charge in [-0.2, -0.15) is 0 Å². The van der Waals surface area contributed by atoms with Crippen molar-refractivity contribution in [1.82, 2.24) is 15.6 Å². The Morgan fingerprint density at radius 1 is 1.31 bits per heavy atom. The van der Waals surface area contributed by atoms with Crippen molar-refractivity contribution in [3.05, 3.63) is 45.4 Å². The number of aliphatic hydroxyl groups excluding tert-OH is 1. The van der Waals surface area contributed by atoms with Crippen molar-refractivity contribution in [3.63, 3.8) is 0 Å². The molecule has 0 aliphatic heterocycles. The number of anilines is 1. The lowest BCUT2D eigenvalue weighted by Gasteiger charge is -2.22. The van der Waals surface area contributed by atoms with Gasteiger partial charge in [0.1, 0.15) is 6.04 Å². The van der Waals surface area contributed by atoms with Crippen LogP contribution in [0, 0.1) is 5.92 Å². The van der Waals surface area contributed by atoms with Crippen molar-refractivity contribution in [2.24, 2.45) is 5.92 Å². The number of hydrogen-bond acceptors (Lipinski definition) is 6. The number of nitrogens with zero attached hydrogens (tertiary/aromatic N) is 2. The van der Waals surface area contributed by atoms with Gasteiger partial charge in [0.2, 0.25) is 5.91 Å². The van der Waals surface area contributed by atoms with Crippen LogP contribution in [-0.2, 0) is 11.3 Å². The van der Waals surface area contributed by atoms with E-state index in [9.17, 15) is 9.59 Å². The molecule has 174 valence electrons. The van der Waals surface area contributed by atoms with Gasteiger partial charge in [-0.3, -0.25) is 14.6 Å². The molecule has 0 spiro atoms. The van der Waals surface area contributed by atoms with Crippen LogP contribution in [0.2, 0.25) is 5.02 Å². The Morgan fingerprint density at radius 3 is 2.78 bits per heavy atom. The first-order chi connectivity index (χ1) is 15.5. The molecule has 1 saturated carbocycles. The van der Waals surface area contributed by atoms with Crippen LogP contribution < -0.4 is 15.5 Å². The molecule has 1 aliphatic carbocycles. The van der Waals surface area contributed by atoms with Crippen LogP contribution in [0.1, 0.15) is 53.6 Å². The molecule has 0 unspecified atom stereocenters. The number of rotatable bonds is 11. The van der Waals surface area contributed by atoms with Crippen LogP contribution in [0.5, 0.6) is 0 Å². The van der Waals surface area contributed by atoms with Gasteiger partial charge < -0.3 is 20.6 Å². The van der Waals surface area contributed by atoms with E-state index in [0.717, 1.165) is 30.0 Å². The van der Waals surface area contributed by atoms with Gasteiger partial charge in [-0.25, -0.2) is 0 Å². The van der Waals surface area contributed by atoms with E-state index in [1.807, 2.05) is 12.1 Å². The lowest BCUT2D eigenvalue weighted by Crippen LogP contribution is -2.48. The SMILES string of the molecule is CCN(Cc1ccc(C(=O)N[C@@H](CC2CCCC2)C(=O)NCCO)s1)c1cncc(Cl)c1. The largest absolute Gasteiger partial charge is 0.395 e.